The van der Waals surface area contributed by atoms with Crippen molar-refractivity contribution in [1.82, 2.24) is 9.97 Å². The minimum atomic E-state index is 0.828. The molecule has 2 heterocycles. The van der Waals surface area contributed by atoms with Crippen LogP contribution in [-0.4, -0.2) is 9.97 Å². The Morgan fingerprint density at radius 1 is 0.373 bits per heavy atom. The second-order valence-electron chi connectivity index (χ2n) is 13.4. The fraction of sp³-hybridized carbons (Fsp3) is 0.0204. The molecule has 0 saturated carbocycles. The van der Waals surface area contributed by atoms with Gasteiger partial charge in [0, 0.05) is 28.9 Å². The van der Waals surface area contributed by atoms with Crippen molar-refractivity contribution < 1.29 is 0 Å². The lowest BCUT2D eigenvalue weighted by atomic mass is 9.90. The second kappa shape index (κ2) is 12.0. The van der Waals surface area contributed by atoms with Crippen LogP contribution in [0.25, 0.3) is 66.0 Å². The van der Waals surface area contributed by atoms with Gasteiger partial charge in [0.15, 0.2) is 0 Å². The average Bonchev–Trinajstić information content (AvgIpc) is 3.35. The first-order valence-electron chi connectivity index (χ1n) is 17.5. The van der Waals surface area contributed by atoms with E-state index in [1.165, 1.54) is 65.4 Å². The van der Waals surface area contributed by atoms with Crippen LogP contribution in [0.3, 0.4) is 0 Å². The van der Waals surface area contributed by atoms with Crippen molar-refractivity contribution in [1.29, 1.82) is 0 Å². The van der Waals surface area contributed by atoms with Crippen LogP contribution in [0.2, 0.25) is 0 Å². The predicted molar refractivity (Wildman–Crippen MR) is 212 cm³/mol. The summed E-state index contributed by atoms with van der Waals surface area (Å²) in [5.41, 5.74) is 12.8. The number of rotatable bonds is 4. The Kier molecular flexibility index (Phi) is 6.92. The molecule has 7 aromatic carbocycles. The molecule has 1 aliphatic rings. The van der Waals surface area contributed by atoms with Gasteiger partial charge in [-0.3, -0.25) is 9.97 Å². The summed E-state index contributed by atoms with van der Waals surface area (Å²) in [6, 6.07) is 61.7. The number of pyridine rings is 2. The minimum absolute atomic E-state index is 0.828. The van der Waals surface area contributed by atoms with Crippen molar-refractivity contribution >= 4 is 43.6 Å². The van der Waals surface area contributed by atoms with Gasteiger partial charge in [-0.1, -0.05) is 133 Å². The van der Waals surface area contributed by atoms with Gasteiger partial charge in [0.1, 0.15) is 0 Å². The third-order valence-corrected chi connectivity index (χ3v) is 10.4. The number of nitrogens with zero attached hydrogens (tertiary/aromatic N) is 2. The largest absolute Gasteiger partial charge is 0.256 e. The van der Waals surface area contributed by atoms with Crippen LogP contribution < -0.4 is 10.4 Å². The number of aromatic nitrogens is 2. The molecule has 0 aliphatic heterocycles. The molecule has 0 atom stereocenters. The summed E-state index contributed by atoms with van der Waals surface area (Å²) in [7, 11) is 0. The van der Waals surface area contributed by atoms with Gasteiger partial charge in [-0.05, 0) is 114 Å². The Hall–Kier alpha value is -6.64. The fourth-order valence-corrected chi connectivity index (χ4v) is 7.78. The smallest absolute Gasteiger partial charge is 0.0718 e. The monoisotopic (exact) mass is 648 g/mol. The summed E-state index contributed by atoms with van der Waals surface area (Å²) in [4.78, 5) is 9.62. The number of para-hydroxylation sites is 1. The lowest BCUT2D eigenvalue weighted by Gasteiger charge is -2.14. The first-order valence-corrected chi connectivity index (χ1v) is 17.5. The fourth-order valence-electron chi connectivity index (χ4n) is 7.78. The minimum Gasteiger partial charge on any atom is -0.256 e. The summed E-state index contributed by atoms with van der Waals surface area (Å²) in [6.07, 6.45) is 4.74. The molecule has 1 aliphatic carbocycles. The highest BCUT2D eigenvalue weighted by atomic mass is 14.7. The van der Waals surface area contributed by atoms with Gasteiger partial charge in [0.25, 0.3) is 0 Å². The third kappa shape index (κ3) is 5.21. The van der Waals surface area contributed by atoms with E-state index in [0.717, 1.165) is 39.7 Å². The summed E-state index contributed by atoms with van der Waals surface area (Å²) in [5, 5.41) is 8.61. The van der Waals surface area contributed by atoms with Crippen LogP contribution in [0.4, 0.5) is 0 Å². The Morgan fingerprint density at radius 3 is 1.76 bits per heavy atom. The molecular formula is C49H32N2. The van der Waals surface area contributed by atoms with Crippen LogP contribution in [0, 0.1) is 0 Å². The summed E-state index contributed by atoms with van der Waals surface area (Å²) >= 11 is 0. The van der Waals surface area contributed by atoms with E-state index in [1.807, 2.05) is 30.6 Å². The van der Waals surface area contributed by atoms with Gasteiger partial charge in [-0.25, -0.2) is 0 Å². The summed E-state index contributed by atoms with van der Waals surface area (Å²) < 4.78 is 0. The predicted octanol–water partition coefficient (Wildman–Crippen LogP) is 10.3. The zero-order valence-corrected chi connectivity index (χ0v) is 27.9. The highest BCUT2D eigenvalue weighted by Crippen LogP contribution is 2.32. The Balaban J connectivity index is 1.21. The maximum absolute atomic E-state index is 4.95. The number of fused-ring (bicyclic) bond motifs is 5. The van der Waals surface area contributed by atoms with E-state index in [2.05, 4.69) is 157 Å². The molecule has 2 heteroatoms. The summed E-state index contributed by atoms with van der Waals surface area (Å²) in [6.45, 7) is 0. The Labute approximate surface area is 296 Å². The van der Waals surface area contributed by atoms with Gasteiger partial charge in [-0.2, -0.15) is 0 Å². The topological polar surface area (TPSA) is 25.8 Å². The molecule has 9 aromatic rings. The molecule has 51 heavy (non-hydrogen) atoms. The zero-order chi connectivity index (χ0) is 33.7. The lowest BCUT2D eigenvalue weighted by Crippen LogP contribution is -2.29. The van der Waals surface area contributed by atoms with Crippen LogP contribution in [-0.2, 0) is 6.42 Å². The Morgan fingerprint density at radius 2 is 0.980 bits per heavy atom. The zero-order valence-electron chi connectivity index (χ0n) is 27.9. The highest BCUT2D eigenvalue weighted by Gasteiger charge is 2.19. The maximum Gasteiger partial charge on any atom is 0.0718 e. The van der Waals surface area contributed by atoms with Gasteiger partial charge in [0.2, 0.25) is 0 Å². The average molecular weight is 649 g/mol. The molecule has 238 valence electrons. The lowest BCUT2D eigenvalue weighted by molar-refractivity contribution is 1.26. The van der Waals surface area contributed by atoms with E-state index >= 15 is 0 Å². The SMILES string of the molecule is c1ccc2c(c1)CC(c1ccc3ccccc3c1)=c1cc(-c3ccc(-c4cnc5ccccc5c4)nc3)ccc1=C2c1ccc2ccccc2c1. The maximum atomic E-state index is 4.95. The highest BCUT2D eigenvalue weighted by molar-refractivity contribution is 5.93. The molecule has 10 rings (SSSR count). The van der Waals surface area contributed by atoms with Crippen molar-refractivity contribution in [3.05, 3.63) is 215 Å². The molecule has 0 radical (unpaired) electrons. The summed E-state index contributed by atoms with van der Waals surface area (Å²) in [5.74, 6) is 0. The van der Waals surface area contributed by atoms with Crippen LogP contribution >= 0.6 is 0 Å². The van der Waals surface area contributed by atoms with Gasteiger partial charge < -0.3 is 0 Å². The third-order valence-electron chi connectivity index (χ3n) is 10.4. The van der Waals surface area contributed by atoms with E-state index in [-0.39, 0.29) is 0 Å². The number of hydrogen-bond donors (Lipinski definition) is 0. The first kappa shape index (κ1) is 29.3. The van der Waals surface area contributed by atoms with Crippen LogP contribution in [0.5, 0.6) is 0 Å². The molecule has 0 spiro atoms. The van der Waals surface area contributed by atoms with E-state index in [9.17, 15) is 0 Å². The second-order valence-corrected chi connectivity index (χ2v) is 13.4. The van der Waals surface area contributed by atoms with Crippen molar-refractivity contribution in [3.63, 3.8) is 0 Å². The molecule has 0 saturated heterocycles. The van der Waals surface area contributed by atoms with Crippen molar-refractivity contribution in [2.24, 2.45) is 0 Å². The molecule has 2 nitrogen and oxygen atoms in total. The molecule has 0 unspecified atom stereocenters. The van der Waals surface area contributed by atoms with Gasteiger partial charge in [-0.15, -0.1) is 0 Å². The van der Waals surface area contributed by atoms with E-state index < -0.39 is 0 Å². The molecule has 0 fully saturated rings. The van der Waals surface area contributed by atoms with E-state index in [1.54, 1.807) is 0 Å². The van der Waals surface area contributed by atoms with Crippen LogP contribution in [0.15, 0.2) is 182 Å². The van der Waals surface area contributed by atoms with Crippen molar-refractivity contribution in [3.8, 4) is 22.4 Å². The Bertz CT molecular complexity index is 2940. The number of benzene rings is 7. The van der Waals surface area contributed by atoms with E-state index in [0.29, 0.717) is 0 Å². The van der Waals surface area contributed by atoms with Gasteiger partial charge >= 0.3 is 0 Å². The first-order chi connectivity index (χ1) is 25.2. The van der Waals surface area contributed by atoms with Crippen LogP contribution in [0.1, 0.15) is 22.3 Å². The van der Waals surface area contributed by atoms with Crippen molar-refractivity contribution in [2.75, 3.05) is 0 Å². The molecular weight excluding hydrogens is 617 g/mol. The normalized spacial score (nSPS) is 12.5. The number of hydrogen-bond acceptors (Lipinski definition) is 2. The molecule has 0 bridgehead atoms. The molecule has 0 amide bonds. The molecule has 2 aromatic heterocycles. The van der Waals surface area contributed by atoms with Gasteiger partial charge in [0.05, 0.1) is 11.2 Å². The van der Waals surface area contributed by atoms with E-state index in [4.69, 9.17) is 4.98 Å². The standard InChI is InChI=1S/C49H32N2/c1-3-11-34-25-38(19-17-32(34)9-1)45-29-37-13-5-7-15-43(37)49(40-20-18-33-10-2-4-12-35(33)26-40)44-23-21-36(28-46(44)45)41-22-24-48(50-30-41)42-27-39-14-6-8-16-47(39)51-31-42/h1-28,30-31H,29H2. The van der Waals surface area contributed by atoms with Crippen molar-refractivity contribution in [2.45, 2.75) is 6.42 Å². The molecule has 0 N–H and O–H groups in total. The quantitative estimate of drug-likeness (QED) is 0.190.